The van der Waals surface area contributed by atoms with Crippen molar-refractivity contribution in [2.75, 3.05) is 47.5 Å². The molecular formula is C42H81NO10P+. The number of rotatable bonds is 38. The first kappa shape index (κ1) is 50.7. The minimum Gasteiger partial charge on any atom is -0.462 e. The van der Waals surface area contributed by atoms with Gasteiger partial charge < -0.3 is 28.7 Å². The molecule has 0 bridgehead atoms. The Morgan fingerprint density at radius 1 is 0.722 bits per heavy atom. The standard InChI is InChI=1S/C42H80NO10P/c1-6-8-10-12-14-16-18-20-22-24-26-28-30-32-40(44)49-36-38(37-51-54(47,48)50-34-33-43(3,4)5)52-41(45)35-42(46)39(53-42)31-29-27-25-23-21-19-17-15-13-11-9-7-2/h21,23,38-39,46H,6-20,22,24-37H2,1-5H3/p+1/b23-21-/t38-,39-,42-/m1/s1. The molecule has 11 nitrogen and oxygen atoms in total. The molecule has 0 radical (unpaired) electrons. The Balaban J connectivity index is 2.41. The Hall–Kier alpha value is -1.33. The third-order valence-electron chi connectivity index (χ3n) is 9.82. The number of phosphoric acid groups is 1. The average molecular weight is 791 g/mol. The van der Waals surface area contributed by atoms with Gasteiger partial charge in [-0.15, -0.1) is 0 Å². The lowest BCUT2D eigenvalue weighted by molar-refractivity contribution is -0.870. The van der Waals surface area contributed by atoms with Crippen molar-refractivity contribution in [3.63, 3.8) is 0 Å². The van der Waals surface area contributed by atoms with Gasteiger partial charge in [-0.05, 0) is 38.5 Å². The third kappa shape index (κ3) is 29.9. The fourth-order valence-electron chi connectivity index (χ4n) is 6.26. The smallest absolute Gasteiger partial charge is 0.462 e. The average Bonchev–Trinajstić information content (AvgIpc) is 3.75. The summed E-state index contributed by atoms with van der Waals surface area (Å²) < 4.78 is 39.6. The predicted molar refractivity (Wildman–Crippen MR) is 216 cm³/mol. The molecule has 54 heavy (non-hydrogen) atoms. The number of epoxide rings is 1. The van der Waals surface area contributed by atoms with Crippen LogP contribution >= 0.6 is 7.82 Å². The molecule has 1 unspecified atom stereocenters. The van der Waals surface area contributed by atoms with Crippen LogP contribution in [0.4, 0.5) is 0 Å². The van der Waals surface area contributed by atoms with Crippen molar-refractivity contribution in [3.05, 3.63) is 12.2 Å². The highest BCUT2D eigenvalue weighted by Gasteiger charge is 2.56. The minimum absolute atomic E-state index is 0.0168. The Kier molecular flexibility index (Phi) is 28.9. The molecule has 1 rings (SSSR count). The Morgan fingerprint density at radius 3 is 1.76 bits per heavy atom. The van der Waals surface area contributed by atoms with Crippen LogP contribution in [-0.2, 0) is 37.4 Å². The van der Waals surface area contributed by atoms with Crippen molar-refractivity contribution in [1.29, 1.82) is 0 Å². The molecule has 1 fully saturated rings. The Labute approximate surface area is 329 Å². The summed E-state index contributed by atoms with van der Waals surface area (Å²) in [6, 6.07) is 0. The second kappa shape index (κ2) is 30.8. The zero-order valence-electron chi connectivity index (χ0n) is 35.1. The SMILES string of the molecule is CCCCCCCC/C=C\CCCC[C@H]1O[C@]1(O)CC(=O)O[C@H](COC(=O)CCCCCCCCCCCCCCC)COP(=O)(O)OCC[N+](C)(C)C. The van der Waals surface area contributed by atoms with Gasteiger partial charge in [0.2, 0.25) is 5.79 Å². The van der Waals surface area contributed by atoms with Crippen molar-refractivity contribution in [1.82, 2.24) is 0 Å². The number of nitrogens with zero attached hydrogens (tertiary/aromatic N) is 1. The molecule has 1 aliphatic heterocycles. The molecule has 0 aliphatic carbocycles. The van der Waals surface area contributed by atoms with Gasteiger partial charge in [0.05, 0.1) is 27.7 Å². The summed E-state index contributed by atoms with van der Waals surface area (Å²) in [5.41, 5.74) is 0. The maximum absolute atomic E-state index is 12.9. The first-order chi connectivity index (χ1) is 25.8. The van der Waals surface area contributed by atoms with Crippen molar-refractivity contribution >= 4 is 19.8 Å². The Bertz CT molecular complexity index is 1040. The largest absolute Gasteiger partial charge is 0.472 e. The molecule has 0 amide bonds. The maximum Gasteiger partial charge on any atom is 0.472 e. The van der Waals surface area contributed by atoms with E-state index in [1.54, 1.807) is 0 Å². The van der Waals surface area contributed by atoms with E-state index in [-0.39, 0.29) is 19.6 Å². The molecular weight excluding hydrogens is 709 g/mol. The molecule has 0 aromatic rings. The fourth-order valence-corrected chi connectivity index (χ4v) is 7.00. The monoisotopic (exact) mass is 791 g/mol. The van der Waals surface area contributed by atoms with Crippen LogP contribution in [0.15, 0.2) is 12.2 Å². The summed E-state index contributed by atoms with van der Waals surface area (Å²) in [4.78, 5) is 35.6. The van der Waals surface area contributed by atoms with Gasteiger partial charge in [0, 0.05) is 6.42 Å². The van der Waals surface area contributed by atoms with Gasteiger partial charge in [0.15, 0.2) is 6.10 Å². The predicted octanol–water partition coefficient (Wildman–Crippen LogP) is 10.1. The van der Waals surface area contributed by atoms with Crippen LogP contribution in [0.5, 0.6) is 0 Å². The lowest BCUT2D eigenvalue weighted by Crippen LogP contribution is -2.37. The molecule has 0 aromatic carbocycles. The number of quaternary nitrogens is 1. The van der Waals surface area contributed by atoms with Gasteiger partial charge in [0.25, 0.3) is 0 Å². The van der Waals surface area contributed by atoms with Gasteiger partial charge in [-0.25, -0.2) is 4.57 Å². The molecule has 1 saturated heterocycles. The summed E-state index contributed by atoms with van der Waals surface area (Å²) >= 11 is 0. The zero-order chi connectivity index (χ0) is 40.0. The number of aliphatic hydroxyl groups is 1. The number of esters is 2. The van der Waals surface area contributed by atoms with Crippen molar-refractivity contribution in [2.45, 2.75) is 199 Å². The van der Waals surface area contributed by atoms with Crippen LogP contribution in [0.1, 0.15) is 181 Å². The van der Waals surface area contributed by atoms with Crippen molar-refractivity contribution in [2.24, 2.45) is 0 Å². The van der Waals surface area contributed by atoms with E-state index in [4.69, 9.17) is 23.3 Å². The second-order valence-electron chi connectivity index (χ2n) is 16.3. The molecule has 318 valence electrons. The summed E-state index contributed by atoms with van der Waals surface area (Å²) in [5, 5.41) is 10.8. The van der Waals surface area contributed by atoms with E-state index in [1.807, 2.05) is 21.1 Å². The normalized spacial score (nSPS) is 18.8. The third-order valence-corrected chi connectivity index (χ3v) is 10.8. The number of hydrogen-bond acceptors (Lipinski definition) is 9. The van der Waals surface area contributed by atoms with E-state index in [1.165, 1.54) is 96.3 Å². The van der Waals surface area contributed by atoms with Crippen LogP contribution in [0.2, 0.25) is 0 Å². The van der Waals surface area contributed by atoms with Crippen LogP contribution in [0.3, 0.4) is 0 Å². The lowest BCUT2D eigenvalue weighted by atomic mass is 10.0. The van der Waals surface area contributed by atoms with Crippen LogP contribution < -0.4 is 0 Å². The zero-order valence-corrected chi connectivity index (χ0v) is 36.0. The number of unbranched alkanes of at least 4 members (excludes halogenated alkanes) is 20. The molecule has 12 heteroatoms. The molecule has 0 spiro atoms. The number of likely N-dealkylation sites (N-methyl/N-ethyl adjacent to an activating group) is 1. The summed E-state index contributed by atoms with van der Waals surface area (Å²) in [6.45, 7) is 4.05. The summed E-state index contributed by atoms with van der Waals surface area (Å²) in [7, 11) is 1.31. The lowest BCUT2D eigenvalue weighted by Gasteiger charge is -2.24. The molecule has 0 aromatic heterocycles. The van der Waals surface area contributed by atoms with Gasteiger partial charge in [-0.1, -0.05) is 142 Å². The minimum atomic E-state index is -4.46. The van der Waals surface area contributed by atoms with Gasteiger partial charge >= 0.3 is 19.8 Å². The second-order valence-corrected chi connectivity index (χ2v) is 17.8. The van der Waals surface area contributed by atoms with Crippen LogP contribution in [0.25, 0.3) is 0 Å². The van der Waals surface area contributed by atoms with Crippen molar-refractivity contribution < 1.29 is 51.9 Å². The van der Waals surface area contributed by atoms with E-state index in [0.29, 0.717) is 23.9 Å². The number of ether oxygens (including phenoxy) is 3. The summed E-state index contributed by atoms with van der Waals surface area (Å²) in [6.07, 6.45) is 30.6. The van der Waals surface area contributed by atoms with Gasteiger partial charge in [-0.2, -0.15) is 0 Å². The number of carbonyl (C=O) groups is 2. The highest BCUT2D eigenvalue weighted by atomic mass is 31.2. The maximum atomic E-state index is 12.9. The molecule has 1 aliphatic rings. The van der Waals surface area contributed by atoms with Gasteiger partial charge in [0.1, 0.15) is 32.3 Å². The van der Waals surface area contributed by atoms with E-state index in [9.17, 15) is 24.2 Å². The van der Waals surface area contributed by atoms with Crippen LogP contribution in [-0.4, -0.2) is 91.9 Å². The topological polar surface area (TPSA) is 141 Å². The van der Waals surface area contributed by atoms with Gasteiger partial charge in [-0.3, -0.25) is 18.6 Å². The van der Waals surface area contributed by atoms with Crippen molar-refractivity contribution in [3.8, 4) is 0 Å². The highest BCUT2D eigenvalue weighted by Crippen LogP contribution is 2.43. The highest BCUT2D eigenvalue weighted by molar-refractivity contribution is 7.47. The molecule has 2 N–H and O–H groups in total. The number of phosphoric ester groups is 1. The first-order valence-corrected chi connectivity index (χ1v) is 23.1. The number of carbonyl (C=O) groups excluding carboxylic acids is 2. The summed E-state index contributed by atoms with van der Waals surface area (Å²) in [5.74, 6) is -2.83. The van der Waals surface area contributed by atoms with Crippen LogP contribution in [0, 0.1) is 0 Å². The molecule has 0 saturated carbocycles. The molecule has 4 atom stereocenters. The van der Waals surface area contributed by atoms with E-state index in [2.05, 4.69) is 26.0 Å². The molecule has 1 heterocycles. The number of hydrogen-bond donors (Lipinski definition) is 2. The van der Waals surface area contributed by atoms with E-state index < -0.39 is 50.8 Å². The number of allylic oxidation sites excluding steroid dienone is 2. The first-order valence-electron chi connectivity index (χ1n) is 21.6. The van der Waals surface area contributed by atoms with E-state index in [0.717, 1.165) is 44.9 Å². The fraction of sp³-hybridized carbons (Fsp3) is 0.905. The van der Waals surface area contributed by atoms with E-state index >= 15 is 0 Å². The Morgan fingerprint density at radius 2 is 1.22 bits per heavy atom. The quantitative estimate of drug-likeness (QED) is 0.0155.